The molecule has 142 valence electrons. The molecule has 0 radical (unpaired) electrons. The number of amides is 3. The Morgan fingerprint density at radius 1 is 1.04 bits per heavy atom. The van der Waals surface area contributed by atoms with Gasteiger partial charge in [-0.2, -0.15) is 0 Å². The van der Waals surface area contributed by atoms with E-state index in [1.165, 1.54) is 4.90 Å². The van der Waals surface area contributed by atoms with Crippen molar-refractivity contribution in [3.8, 4) is 11.5 Å². The van der Waals surface area contributed by atoms with E-state index in [4.69, 9.17) is 16.0 Å². The number of urea groups is 1. The van der Waals surface area contributed by atoms with Gasteiger partial charge < -0.3 is 4.42 Å². The Morgan fingerprint density at radius 2 is 1.71 bits per heavy atom. The first kappa shape index (κ1) is 18.2. The number of hydrogen-bond acceptors (Lipinski definition) is 5. The van der Waals surface area contributed by atoms with Crippen LogP contribution >= 0.6 is 11.6 Å². The van der Waals surface area contributed by atoms with E-state index in [2.05, 4.69) is 10.2 Å². The molecule has 1 fully saturated rings. The Balaban J connectivity index is 1.55. The standard InChI is InChI=1S/C20H17ClN4O3/c1-12-3-9-16(10-4-12)25-13(2)19(26)24(20(25)27)11-17-22-23-18(28-17)14-5-7-15(21)8-6-14/h3-10,13H,11H2,1-2H3. The number of nitrogens with zero attached hydrogens (tertiary/aromatic N) is 4. The summed E-state index contributed by atoms with van der Waals surface area (Å²) in [5.74, 6) is 0.177. The minimum atomic E-state index is -0.603. The number of aromatic nitrogens is 2. The predicted octanol–water partition coefficient (Wildman–Crippen LogP) is 4.06. The highest BCUT2D eigenvalue weighted by atomic mass is 35.5. The zero-order valence-corrected chi connectivity index (χ0v) is 16.1. The highest BCUT2D eigenvalue weighted by Crippen LogP contribution is 2.28. The third-order valence-corrected chi connectivity index (χ3v) is 4.86. The lowest BCUT2D eigenvalue weighted by molar-refractivity contribution is -0.127. The summed E-state index contributed by atoms with van der Waals surface area (Å²) in [5.41, 5.74) is 2.45. The van der Waals surface area contributed by atoms with E-state index in [9.17, 15) is 9.59 Å². The van der Waals surface area contributed by atoms with Gasteiger partial charge >= 0.3 is 6.03 Å². The first-order valence-electron chi connectivity index (χ1n) is 8.73. The third kappa shape index (κ3) is 3.25. The topological polar surface area (TPSA) is 79.5 Å². The maximum Gasteiger partial charge on any atom is 0.332 e. The van der Waals surface area contributed by atoms with E-state index in [-0.39, 0.29) is 18.3 Å². The van der Waals surface area contributed by atoms with Gasteiger partial charge in [-0.25, -0.2) is 4.79 Å². The minimum Gasteiger partial charge on any atom is -0.419 e. The average Bonchev–Trinajstić information content (AvgIpc) is 3.23. The summed E-state index contributed by atoms with van der Waals surface area (Å²) in [6.45, 7) is 3.59. The molecule has 1 aromatic heterocycles. The lowest BCUT2D eigenvalue weighted by Gasteiger charge is -2.19. The fraction of sp³-hybridized carbons (Fsp3) is 0.200. The molecule has 1 aliphatic heterocycles. The zero-order valence-electron chi connectivity index (χ0n) is 15.3. The average molecular weight is 397 g/mol. The summed E-state index contributed by atoms with van der Waals surface area (Å²) in [7, 11) is 0. The molecule has 2 aromatic carbocycles. The first-order chi connectivity index (χ1) is 13.4. The summed E-state index contributed by atoms with van der Waals surface area (Å²) in [6.07, 6.45) is 0. The smallest absolute Gasteiger partial charge is 0.332 e. The van der Waals surface area contributed by atoms with E-state index >= 15 is 0 Å². The van der Waals surface area contributed by atoms with Crippen molar-refractivity contribution in [2.24, 2.45) is 0 Å². The van der Waals surface area contributed by atoms with Crippen LogP contribution in [0.5, 0.6) is 0 Å². The van der Waals surface area contributed by atoms with Crippen LogP contribution in [0.25, 0.3) is 11.5 Å². The predicted molar refractivity (Wildman–Crippen MR) is 104 cm³/mol. The lowest BCUT2D eigenvalue weighted by atomic mass is 10.2. The van der Waals surface area contributed by atoms with E-state index < -0.39 is 12.1 Å². The molecule has 2 heterocycles. The van der Waals surface area contributed by atoms with Crippen LogP contribution in [-0.2, 0) is 11.3 Å². The number of carbonyl (C=O) groups excluding carboxylic acids is 2. The first-order valence-corrected chi connectivity index (χ1v) is 9.11. The number of anilines is 1. The Morgan fingerprint density at radius 3 is 2.39 bits per heavy atom. The molecule has 8 heteroatoms. The molecule has 0 saturated carbocycles. The monoisotopic (exact) mass is 396 g/mol. The summed E-state index contributed by atoms with van der Waals surface area (Å²) in [4.78, 5) is 28.1. The molecular formula is C20H17ClN4O3. The van der Waals surface area contributed by atoms with Crippen LogP contribution in [0.3, 0.4) is 0 Å². The molecule has 1 atom stereocenters. The molecule has 0 bridgehead atoms. The summed E-state index contributed by atoms with van der Waals surface area (Å²) in [6, 6.07) is 13.4. The summed E-state index contributed by atoms with van der Waals surface area (Å²) in [5, 5.41) is 8.56. The molecule has 7 nitrogen and oxygen atoms in total. The van der Waals surface area contributed by atoms with Crippen LogP contribution in [0.2, 0.25) is 5.02 Å². The van der Waals surface area contributed by atoms with Gasteiger partial charge in [0.2, 0.25) is 11.8 Å². The molecule has 0 N–H and O–H groups in total. The maximum atomic E-state index is 12.9. The van der Waals surface area contributed by atoms with Crippen LogP contribution in [0.15, 0.2) is 52.9 Å². The third-order valence-electron chi connectivity index (χ3n) is 4.61. The van der Waals surface area contributed by atoms with Gasteiger partial charge in [0, 0.05) is 16.3 Å². The van der Waals surface area contributed by atoms with Gasteiger partial charge in [0.25, 0.3) is 5.91 Å². The van der Waals surface area contributed by atoms with Crippen LogP contribution in [0.4, 0.5) is 10.5 Å². The number of aryl methyl sites for hydroxylation is 1. The van der Waals surface area contributed by atoms with Crippen molar-refractivity contribution in [1.82, 2.24) is 15.1 Å². The molecule has 1 aliphatic rings. The number of rotatable bonds is 4. The van der Waals surface area contributed by atoms with Crippen molar-refractivity contribution in [3.05, 3.63) is 65.0 Å². The summed E-state index contributed by atoms with van der Waals surface area (Å²) < 4.78 is 5.63. The molecule has 28 heavy (non-hydrogen) atoms. The molecular weight excluding hydrogens is 380 g/mol. The number of hydrogen-bond donors (Lipinski definition) is 0. The van der Waals surface area contributed by atoms with Crippen molar-refractivity contribution < 1.29 is 14.0 Å². The largest absolute Gasteiger partial charge is 0.419 e. The minimum absolute atomic E-state index is 0.0784. The normalized spacial score (nSPS) is 16.9. The van der Waals surface area contributed by atoms with Gasteiger partial charge in [-0.1, -0.05) is 29.3 Å². The van der Waals surface area contributed by atoms with Crippen molar-refractivity contribution in [2.75, 3.05) is 4.90 Å². The number of carbonyl (C=O) groups is 2. The maximum absolute atomic E-state index is 12.9. The van der Waals surface area contributed by atoms with Gasteiger partial charge in [0.1, 0.15) is 12.6 Å². The van der Waals surface area contributed by atoms with Gasteiger partial charge in [-0.3, -0.25) is 14.6 Å². The lowest BCUT2D eigenvalue weighted by Crippen LogP contribution is -2.33. The van der Waals surface area contributed by atoms with Gasteiger partial charge in [0.05, 0.1) is 0 Å². The van der Waals surface area contributed by atoms with E-state index in [0.717, 1.165) is 10.5 Å². The fourth-order valence-corrected chi connectivity index (χ4v) is 3.20. The molecule has 4 rings (SSSR count). The zero-order chi connectivity index (χ0) is 19.8. The van der Waals surface area contributed by atoms with E-state index in [1.54, 1.807) is 31.2 Å². The molecule has 3 aromatic rings. The highest BCUT2D eigenvalue weighted by Gasteiger charge is 2.43. The quantitative estimate of drug-likeness (QED) is 0.621. The van der Waals surface area contributed by atoms with Gasteiger partial charge in [-0.05, 0) is 50.2 Å². The second-order valence-electron chi connectivity index (χ2n) is 6.60. The summed E-state index contributed by atoms with van der Waals surface area (Å²) >= 11 is 5.88. The van der Waals surface area contributed by atoms with E-state index in [1.807, 2.05) is 31.2 Å². The fourth-order valence-electron chi connectivity index (χ4n) is 3.07. The van der Waals surface area contributed by atoms with Crippen LogP contribution < -0.4 is 4.90 Å². The van der Waals surface area contributed by atoms with E-state index in [0.29, 0.717) is 22.2 Å². The molecule has 0 aliphatic carbocycles. The Labute approximate surface area is 166 Å². The van der Waals surface area contributed by atoms with Crippen molar-refractivity contribution >= 4 is 29.2 Å². The second-order valence-corrected chi connectivity index (χ2v) is 7.03. The second kappa shape index (κ2) is 7.09. The van der Waals surface area contributed by atoms with Crippen molar-refractivity contribution in [1.29, 1.82) is 0 Å². The Bertz CT molecular complexity index is 1030. The SMILES string of the molecule is Cc1ccc(N2C(=O)N(Cc3nnc(-c4ccc(Cl)cc4)o3)C(=O)C2C)cc1. The Hall–Kier alpha value is -3.19. The van der Waals surface area contributed by atoms with Crippen LogP contribution in [0, 0.1) is 6.92 Å². The number of imide groups is 1. The number of halogens is 1. The molecule has 0 spiro atoms. The van der Waals surface area contributed by atoms with Crippen molar-refractivity contribution in [3.63, 3.8) is 0 Å². The van der Waals surface area contributed by atoms with Crippen molar-refractivity contribution in [2.45, 2.75) is 26.4 Å². The molecule has 1 saturated heterocycles. The van der Waals surface area contributed by atoms with Crippen LogP contribution in [0.1, 0.15) is 18.4 Å². The Kier molecular flexibility index (Phi) is 4.60. The van der Waals surface area contributed by atoms with Gasteiger partial charge in [-0.15, -0.1) is 10.2 Å². The molecule has 1 unspecified atom stereocenters. The van der Waals surface area contributed by atoms with Crippen LogP contribution in [-0.4, -0.2) is 33.1 Å². The number of benzene rings is 2. The highest BCUT2D eigenvalue weighted by molar-refractivity contribution is 6.30. The molecule has 3 amide bonds. The van der Waals surface area contributed by atoms with Gasteiger partial charge in [0.15, 0.2) is 0 Å².